The van der Waals surface area contributed by atoms with Gasteiger partial charge in [0.15, 0.2) is 0 Å². The average Bonchev–Trinajstić information content (AvgIpc) is 2.94. The second-order valence-corrected chi connectivity index (χ2v) is 9.26. The van der Waals surface area contributed by atoms with Gasteiger partial charge in [-0.15, -0.1) is 0 Å². The zero-order valence-electron chi connectivity index (χ0n) is 20.7. The number of methoxy groups -OCH3 is 1. The van der Waals surface area contributed by atoms with Crippen LogP contribution in [0.5, 0.6) is 11.5 Å². The van der Waals surface area contributed by atoms with E-state index in [9.17, 15) is 9.90 Å². The molecule has 4 heterocycles. The van der Waals surface area contributed by atoms with Gasteiger partial charge in [-0.3, -0.25) is 9.80 Å². The Morgan fingerprint density at radius 1 is 0.889 bits per heavy atom. The molecule has 2 fully saturated rings. The van der Waals surface area contributed by atoms with Crippen molar-refractivity contribution in [3.8, 4) is 11.5 Å². The monoisotopic (exact) mass is 491 g/mol. The lowest BCUT2D eigenvalue weighted by molar-refractivity contribution is 0.232. The van der Waals surface area contributed by atoms with E-state index in [4.69, 9.17) is 9.15 Å². The minimum Gasteiger partial charge on any atom is -0.507 e. The molecule has 3 aromatic rings. The maximum Gasteiger partial charge on any atom is 0.343 e. The van der Waals surface area contributed by atoms with Crippen LogP contribution in [0.25, 0.3) is 0 Å². The van der Waals surface area contributed by atoms with Crippen molar-refractivity contribution in [1.29, 1.82) is 0 Å². The number of aromatic nitrogens is 1. The van der Waals surface area contributed by atoms with E-state index in [0.29, 0.717) is 24.2 Å². The van der Waals surface area contributed by atoms with Crippen molar-refractivity contribution in [3.05, 3.63) is 76.5 Å². The smallest absolute Gasteiger partial charge is 0.343 e. The van der Waals surface area contributed by atoms with E-state index in [1.54, 1.807) is 13.3 Å². The first-order valence-electron chi connectivity index (χ1n) is 12.4. The van der Waals surface area contributed by atoms with Gasteiger partial charge in [0.2, 0.25) is 0 Å². The summed E-state index contributed by atoms with van der Waals surface area (Å²) < 4.78 is 10.9. The molecule has 0 aliphatic carbocycles. The number of nitrogens with zero attached hydrogens (tertiary/aromatic N) is 5. The maximum atomic E-state index is 12.5. The summed E-state index contributed by atoms with van der Waals surface area (Å²) in [5.74, 6) is 1.90. The Hall–Kier alpha value is -3.56. The molecule has 0 spiro atoms. The van der Waals surface area contributed by atoms with E-state index in [0.717, 1.165) is 69.6 Å². The Balaban J connectivity index is 1.19. The van der Waals surface area contributed by atoms with Gasteiger partial charge in [-0.05, 0) is 24.3 Å². The van der Waals surface area contributed by atoms with Crippen molar-refractivity contribution in [3.63, 3.8) is 0 Å². The van der Waals surface area contributed by atoms with Crippen molar-refractivity contribution in [2.45, 2.75) is 13.1 Å². The summed E-state index contributed by atoms with van der Waals surface area (Å²) in [6.45, 7) is 7.49. The minimum absolute atomic E-state index is 0.0607. The normalized spacial score (nSPS) is 17.4. The lowest BCUT2D eigenvalue weighted by Gasteiger charge is -2.36. The van der Waals surface area contributed by atoms with Crippen molar-refractivity contribution in [2.24, 2.45) is 0 Å². The van der Waals surface area contributed by atoms with Gasteiger partial charge in [0, 0.05) is 77.2 Å². The van der Waals surface area contributed by atoms with Gasteiger partial charge >= 0.3 is 5.63 Å². The molecule has 0 radical (unpaired) electrons. The quantitative estimate of drug-likeness (QED) is 0.535. The fourth-order valence-corrected chi connectivity index (χ4v) is 4.97. The number of benzene rings is 1. The third-order valence-corrected chi connectivity index (χ3v) is 7.06. The molecular weight excluding hydrogens is 458 g/mol. The summed E-state index contributed by atoms with van der Waals surface area (Å²) in [6, 6.07) is 14.0. The summed E-state index contributed by atoms with van der Waals surface area (Å²) >= 11 is 0. The highest BCUT2D eigenvalue weighted by molar-refractivity contribution is 5.58. The fourth-order valence-electron chi connectivity index (χ4n) is 4.97. The van der Waals surface area contributed by atoms with Crippen LogP contribution in [0.1, 0.15) is 11.1 Å². The molecule has 0 saturated carbocycles. The van der Waals surface area contributed by atoms with Crippen LogP contribution in [-0.2, 0) is 13.1 Å². The summed E-state index contributed by atoms with van der Waals surface area (Å²) in [7, 11) is 1.69. The number of ether oxygens (including phenoxy) is 1. The highest BCUT2D eigenvalue weighted by atomic mass is 16.5. The highest BCUT2D eigenvalue weighted by Crippen LogP contribution is 2.29. The third kappa shape index (κ3) is 5.32. The Morgan fingerprint density at radius 3 is 2.25 bits per heavy atom. The largest absolute Gasteiger partial charge is 0.507 e. The molecule has 2 aliphatic rings. The van der Waals surface area contributed by atoms with E-state index in [-0.39, 0.29) is 5.75 Å². The van der Waals surface area contributed by atoms with Gasteiger partial charge in [-0.25, -0.2) is 9.78 Å². The van der Waals surface area contributed by atoms with E-state index < -0.39 is 5.63 Å². The van der Waals surface area contributed by atoms with E-state index >= 15 is 0 Å². The lowest BCUT2D eigenvalue weighted by atomic mass is 10.1. The van der Waals surface area contributed by atoms with Crippen molar-refractivity contribution < 1.29 is 14.3 Å². The summed E-state index contributed by atoms with van der Waals surface area (Å²) in [5.41, 5.74) is 1.62. The zero-order valence-corrected chi connectivity index (χ0v) is 20.7. The van der Waals surface area contributed by atoms with Gasteiger partial charge in [-0.2, -0.15) is 0 Å². The van der Waals surface area contributed by atoms with Crippen molar-refractivity contribution in [1.82, 2.24) is 14.8 Å². The molecule has 1 N–H and O–H groups in total. The van der Waals surface area contributed by atoms with E-state index in [2.05, 4.69) is 30.6 Å². The highest BCUT2D eigenvalue weighted by Gasteiger charge is 2.24. The number of aromatic hydroxyl groups is 1. The van der Waals surface area contributed by atoms with Gasteiger partial charge in [0.1, 0.15) is 23.6 Å². The molecule has 190 valence electrons. The second kappa shape index (κ2) is 11.0. The molecule has 0 amide bonds. The van der Waals surface area contributed by atoms with Crippen LogP contribution in [0.2, 0.25) is 0 Å². The van der Waals surface area contributed by atoms with E-state index in [1.165, 1.54) is 6.26 Å². The molecule has 2 saturated heterocycles. The predicted molar refractivity (Wildman–Crippen MR) is 139 cm³/mol. The molecule has 9 nitrogen and oxygen atoms in total. The number of anilines is 2. The van der Waals surface area contributed by atoms with Crippen molar-refractivity contribution >= 4 is 11.5 Å². The minimum atomic E-state index is -0.468. The molecule has 2 aliphatic heterocycles. The van der Waals surface area contributed by atoms with Crippen LogP contribution in [0, 0.1) is 0 Å². The SMILES string of the molecule is COc1ccccc1N1CCN(Cc2coc(=O)c(CN3CCN(c4ccccn4)CC3)c2O)CC1. The Morgan fingerprint density at radius 2 is 1.56 bits per heavy atom. The second-order valence-electron chi connectivity index (χ2n) is 9.26. The molecule has 2 aromatic heterocycles. The number of hydrogen-bond donors (Lipinski definition) is 1. The molecule has 0 atom stereocenters. The van der Waals surface area contributed by atoms with Gasteiger partial charge in [-0.1, -0.05) is 18.2 Å². The zero-order chi connectivity index (χ0) is 24.9. The van der Waals surface area contributed by atoms with Crippen LogP contribution >= 0.6 is 0 Å². The van der Waals surface area contributed by atoms with Gasteiger partial charge in [0.05, 0.1) is 18.4 Å². The third-order valence-electron chi connectivity index (χ3n) is 7.06. The van der Waals surface area contributed by atoms with Crippen molar-refractivity contribution in [2.75, 3.05) is 69.3 Å². The molecule has 9 heteroatoms. The molecular formula is C27H33N5O4. The first kappa shape index (κ1) is 24.1. The van der Waals surface area contributed by atoms with Crippen LogP contribution in [0.3, 0.4) is 0 Å². The number of piperazine rings is 2. The standard InChI is InChI=1S/C27H33N5O4/c1-35-24-7-3-2-6-23(24)31-14-10-29(11-15-31)18-21-20-36-27(34)22(26(21)33)19-30-12-16-32(17-13-30)25-8-4-5-9-28-25/h2-9,20,33H,10-19H2,1H3. The Labute approximate surface area is 211 Å². The molecule has 0 unspecified atom stereocenters. The Kier molecular flexibility index (Phi) is 7.39. The average molecular weight is 492 g/mol. The molecule has 36 heavy (non-hydrogen) atoms. The fraction of sp³-hybridized carbons (Fsp3) is 0.407. The van der Waals surface area contributed by atoms with Gasteiger partial charge in [0.25, 0.3) is 0 Å². The Bertz CT molecular complexity index is 1200. The number of hydrogen-bond acceptors (Lipinski definition) is 9. The summed E-state index contributed by atoms with van der Waals surface area (Å²) in [4.78, 5) is 25.9. The summed E-state index contributed by atoms with van der Waals surface area (Å²) in [6.07, 6.45) is 3.21. The molecule has 0 bridgehead atoms. The van der Waals surface area contributed by atoms with Crippen LogP contribution in [0.15, 0.2) is 64.1 Å². The number of para-hydroxylation sites is 2. The predicted octanol–water partition coefficient (Wildman–Crippen LogP) is 2.39. The first-order valence-corrected chi connectivity index (χ1v) is 12.4. The lowest BCUT2D eigenvalue weighted by Crippen LogP contribution is -2.47. The first-order chi connectivity index (χ1) is 17.6. The topological polar surface area (TPSA) is 85.5 Å². The van der Waals surface area contributed by atoms with Gasteiger partial charge < -0.3 is 24.1 Å². The number of rotatable bonds is 7. The van der Waals surface area contributed by atoms with Crippen LogP contribution in [0.4, 0.5) is 11.5 Å². The maximum absolute atomic E-state index is 12.5. The molecule has 1 aromatic carbocycles. The van der Waals surface area contributed by atoms with Crippen LogP contribution in [-0.4, -0.2) is 79.4 Å². The number of pyridine rings is 1. The summed E-state index contributed by atoms with van der Waals surface area (Å²) in [5, 5.41) is 11.0. The van der Waals surface area contributed by atoms with E-state index in [1.807, 2.05) is 36.4 Å². The molecule has 5 rings (SSSR count). The van der Waals surface area contributed by atoms with Crippen LogP contribution < -0.4 is 20.2 Å².